The van der Waals surface area contributed by atoms with Gasteiger partial charge >= 0.3 is 0 Å². The van der Waals surface area contributed by atoms with Crippen molar-refractivity contribution in [1.82, 2.24) is 10.6 Å². The second kappa shape index (κ2) is 7.28. The van der Waals surface area contributed by atoms with Crippen LogP contribution in [0.5, 0.6) is 0 Å². The third kappa shape index (κ3) is 4.10. The highest BCUT2D eigenvalue weighted by molar-refractivity contribution is 7.92. The number of carbonyl (C=O) groups excluding carboxylic acids is 1. The minimum atomic E-state index is -3.46. The van der Waals surface area contributed by atoms with Crippen molar-refractivity contribution in [2.24, 2.45) is 0 Å². The Morgan fingerprint density at radius 2 is 2.05 bits per heavy atom. The number of halogens is 2. The molecule has 120 valence electrons. The van der Waals surface area contributed by atoms with Crippen LogP contribution in [-0.4, -0.2) is 38.4 Å². The van der Waals surface area contributed by atoms with E-state index in [1.165, 1.54) is 11.3 Å². The van der Waals surface area contributed by atoms with Gasteiger partial charge in [-0.2, -0.15) is 0 Å². The van der Waals surface area contributed by atoms with Crippen LogP contribution in [0.4, 0.5) is 0 Å². The molecule has 0 saturated carbocycles. The fourth-order valence-corrected chi connectivity index (χ4v) is 4.75. The Balaban J connectivity index is 0.00000220. The average molecular weight is 373 g/mol. The highest BCUT2D eigenvalue weighted by Gasteiger charge is 2.48. The number of hydrogen-bond acceptors (Lipinski definition) is 5. The topological polar surface area (TPSA) is 75.3 Å². The zero-order valence-corrected chi connectivity index (χ0v) is 14.7. The fraction of sp³-hybridized carbons (Fsp3) is 0.583. The molecule has 1 aliphatic heterocycles. The first-order valence-electron chi connectivity index (χ1n) is 6.28. The SMILES string of the molecule is CS(=O)(=O)C1(C(=O)NCc2ccc(Cl)s2)CCNCC1.Cl. The van der Waals surface area contributed by atoms with Crippen LogP contribution in [0, 0.1) is 0 Å². The van der Waals surface area contributed by atoms with Crippen molar-refractivity contribution in [3.8, 4) is 0 Å². The van der Waals surface area contributed by atoms with Crippen molar-refractivity contribution >= 4 is 51.1 Å². The van der Waals surface area contributed by atoms with Crippen molar-refractivity contribution in [3.63, 3.8) is 0 Å². The van der Waals surface area contributed by atoms with Gasteiger partial charge in [0.15, 0.2) is 14.6 Å². The van der Waals surface area contributed by atoms with E-state index in [4.69, 9.17) is 11.6 Å². The summed E-state index contributed by atoms with van der Waals surface area (Å²) in [6.45, 7) is 1.37. The standard InChI is InChI=1S/C12H17ClN2O3S2.ClH/c1-20(17,18)12(4-6-14-7-5-12)11(16)15-8-9-2-3-10(13)19-9;/h2-3,14H,4-8H2,1H3,(H,15,16);1H. The van der Waals surface area contributed by atoms with Gasteiger partial charge in [-0.3, -0.25) is 4.79 Å². The summed E-state index contributed by atoms with van der Waals surface area (Å²) < 4.78 is 23.5. The first-order valence-corrected chi connectivity index (χ1v) is 9.36. The van der Waals surface area contributed by atoms with E-state index in [9.17, 15) is 13.2 Å². The van der Waals surface area contributed by atoms with Crippen LogP contribution >= 0.6 is 35.3 Å². The van der Waals surface area contributed by atoms with E-state index >= 15 is 0 Å². The van der Waals surface area contributed by atoms with Crippen molar-refractivity contribution in [3.05, 3.63) is 21.3 Å². The summed E-state index contributed by atoms with van der Waals surface area (Å²) in [5, 5.41) is 5.82. The minimum absolute atomic E-state index is 0. The molecule has 5 nitrogen and oxygen atoms in total. The van der Waals surface area contributed by atoms with Gasteiger partial charge in [-0.15, -0.1) is 23.7 Å². The molecule has 0 spiro atoms. The second-order valence-electron chi connectivity index (χ2n) is 4.90. The maximum Gasteiger partial charge on any atom is 0.241 e. The molecule has 0 unspecified atom stereocenters. The molecule has 1 aromatic rings. The van der Waals surface area contributed by atoms with Crippen LogP contribution in [0.2, 0.25) is 4.34 Å². The molecule has 9 heteroatoms. The molecule has 0 atom stereocenters. The third-order valence-corrected chi connectivity index (χ3v) is 6.83. The quantitative estimate of drug-likeness (QED) is 0.841. The molecule has 1 saturated heterocycles. The Hall–Kier alpha value is -0.340. The van der Waals surface area contributed by atoms with Gasteiger partial charge in [0, 0.05) is 11.1 Å². The Kier molecular flexibility index (Phi) is 6.49. The van der Waals surface area contributed by atoms with Crippen molar-refractivity contribution in [1.29, 1.82) is 0 Å². The van der Waals surface area contributed by atoms with Gasteiger partial charge in [-0.1, -0.05) is 11.6 Å². The molecule has 1 amide bonds. The Labute approximate surface area is 139 Å². The predicted octanol–water partition coefficient (Wildman–Crippen LogP) is 1.61. The highest BCUT2D eigenvalue weighted by atomic mass is 35.5. The van der Waals surface area contributed by atoms with E-state index in [-0.39, 0.29) is 12.4 Å². The summed E-state index contributed by atoms with van der Waals surface area (Å²) in [4.78, 5) is 13.3. The summed E-state index contributed by atoms with van der Waals surface area (Å²) >= 11 is 7.20. The molecule has 0 bridgehead atoms. The summed E-state index contributed by atoms with van der Waals surface area (Å²) in [6.07, 6.45) is 1.76. The lowest BCUT2D eigenvalue weighted by molar-refractivity contribution is -0.124. The largest absolute Gasteiger partial charge is 0.350 e. The smallest absolute Gasteiger partial charge is 0.241 e. The number of carbonyl (C=O) groups is 1. The average Bonchev–Trinajstić information content (AvgIpc) is 2.81. The van der Waals surface area contributed by atoms with Gasteiger partial charge < -0.3 is 10.6 Å². The molecule has 2 N–H and O–H groups in total. The van der Waals surface area contributed by atoms with Gasteiger partial charge in [0.2, 0.25) is 5.91 Å². The van der Waals surface area contributed by atoms with E-state index in [1.54, 1.807) is 6.07 Å². The minimum Gasteiger partial charge on any atom is -0.350 e. The molecule has 1 fully saturated rings. The molecule has 0 aromatic carbocycles. The van der Waals surface area contributed by atoms with Gasteiger partial charge in [0.1, 0.15) is 0 Å². The number of sulfone groups is 1. The molecule has 1 aromatic heterocycles. The van der Waals surface area contributed by atoms with Crippen molar-refractivity contribution in [2.45, 2.75) is 24.1 Å². The fourth-order valence-electron chi connectivity index (χ4n) is 2.37. The van der Waals surface area contributed by atoms with Gasteiger partial charge in [-0.25, -0.2) is 8.42 Å². The Morgan fingerprint density at radius 3 is 2.52 bits per heavy atom. The summed E-state index contributed by atoms with van der Waals surface area (Å²) in [5.74, 6) is -0.411. The predicted molar refractivity (Wildman–Crippen MR) is 88.1 cm³/mol. The number of rotatable bonds is 4. The van der Waals surface area contributed by atoms with Gasteiger partial charge in [0.05, 0.1) is 10.9 Å². The highest BCUT2D eigenvalue weighted by Crippen LogP contribution is 2.28. The van der Waals surface area contributed by atoms with Crippen LogP contribution < -0.4 is 10.6 Å². The zero-order chi connectivity index (χ0) is 14.8. The lowest BCUT2D eigenvalue weighted by Gasteiger charge is -2.34. The first kappa shape index (κ1) is 18.7. The second-order valence-corrected chi connectivity index (χ2v) is 9.03. The molecule has 1 aliphatic rings. The number of thiophene rings is 1. The van der Waals surface area contributed by atoms with Crippen LogP contribution in [0.15, 0.2) is 12.1 Å². The Bertz CT molecular complexity index is 595. The number of amides is 1. The zero-order valence-electron chi connectivity index (χ0n) is 11.5. The molecule has 2 rings (SSSR count). The van der Waals surface area contributed by atoms with E-state index in [2.05, 4.69) is 10.6 Å². The molecule has 0 aliphatic carbocycles. The monoisotopic (exact) mass is 372 g/mol. The number of nitrogens with one attached hydrogen (secondary N) is 2. The maximum absolute atomic E-state index is 12.4. The summed E-state index contributed by atoms with van der Waals surface area (Å²) in [7, 11) is -3.46. The maximum atomic E-state index is 12.4. The van der Waals surface area contributed by atoms with Crippen LogP contribution in [-0.2, 0) is 21.2 Å². The van der Waals surface area contributed by atoms with Crippen molar-refractivity contribution in [2.75, 3.05) is 19.3 Å². The normalized spacial score (nSPS) is 17.8. The molecular weight excluding hydrogens is 355 g/mol. The lowest BCUT2D eigenvalue weighted by atomic mass is 9.96. The first-order chi connectivity index (χ1) is 9.35. The Morgan fingerprint density at radius 1 is 1.43 bits per heavy atom. The molecule has 2 heterocycles. The number of piperidine rings is 1. The third-order valence-electron chi connectivity index (χ3n) is 3.59. The van der Waals surface area contributed by atoms with Crippen LogP contribution in [0.1, 0.15) is 17.7 Å². The lowest BCUT2D eigenvalue weighted by Crippen LogP contribution is -2.57. The van der Waals surface area contributed by atoms with Gasteiger partial charge in [0.25, 0.3) is 0 Å². The summed E-state index contributed by atoms with van der Waals surface area (Å²) in [5.41, 5.74) is 0. The number of hydrogen-bond donors (Lipinski definition) is 2. The van der Waals surface area contributed by atoms with E-state index in [0.717, 1.165) is 11.1 Å². The van der Waals surface area contributed by atoms with E-state index in [1.807, 2.05) is 6.07 Å². The molecule has 21 heavy (non-hydrogen) atoms. The molecule has 0 radical (unpaired) electrons. The van der Waals surface area contributed by atoms with Crippen LogP contribution in [0.3, 0.4) is 0 Å². The van der Waals surface area contributed by atoms with E-state index < -0.39 is 20.5 Å². The van der Waals surface area contributed by atoms with E-state index in [0.29, 0.717) is 36.8 Å². The summed E-state index contributed by atoms with van der Waals surface area (Å²) in [6, 6.07) is 3.58. The van der Waals surface area contributed by atoms with Crippen molar-refractivity contribution < 1.29 is 13.2 Å². The van der Waals surface area contributed by atoms with Crippen LogP contribution in [0.25, 0.3) is 0 Å². The van der Waals surface area contributed by atoms with Gasteiger partial charge in [-0.05, 0) is 38.1 Å². The molecular formula is C12H18Cl2N2O3S2.